The molecule has 0 spiro atoms. The minimum Gasteiger partial charge on any atom is -0.486 e. The molecule has 1 aliphatic heterocycles. The molecular formula is C13H12BrFN2O2. The number of likely N-dealkylation sites (tertiary alicyclic amines) is 1. The number of nitrogens with zero attached hydrogens (tertiary/aromatic N) is 2. The summed E-state index contributed by atoms with van der Waals surface area (Å²) in [6, 6.07) is 7.03. The Labute approximate surface area is 118 Å². The quantitative estimate of drug-likeness (QED) is 0.801. The Balaban J connectivity index is 2.10. The molecule has 4 nitrogen and oxygen atoms in total. The molecule has 0 aliphatic carbocycles. The van der Waals surface area contributed by atoms with Crippen molar-refractivity contribution in [2.75, 3.05) is 13.1 Å². The monoisotopic (exact) mass is 326 g/mol. The summed E-state index contributed by atoms with van der Waals surface area (Å²) in [4.78, 5) is 12.0. The van der Waals surface area contributed by atoms with Gasteiger partial charge >= 0.3 is 0 Å². The number of carbonyl (C=O) groups is 1. The molecule has 100 valence electrons. The lowest BCUT2D eigenvalue weighted by atomic mass is 10.1. The molecule has 0 saturated carbocycles. The topological polar surface area (TPSA) is 53.3 Å². The van der Waals surface area contributed by atoms with Gasteiger partial charge in [0, 0.05) is 17.4 Å². The lowest BCUT2D eigenvalue weighted by Crippen LogP contribution is -2.46. The van der Waals surface area contributed by atoms with Crippen LogP contribution in [0, 0.1) is 11.3 Å². The molecule has 1 aliphatic rings. The van der Waals surface area contributed by atoms with E-state index in [9.17, 15) is 9.18 Å². The molecule has 1 saturated heterocycles. The summed E-state index contributed by atoms with van der Waals surface area (Å²) >= 11 is 3.27. The van der Waals surface area contributed by atoms with Gasteiger partial charge in [0.2, 0.25) is 6.41 Å². The molecule has 0 aromatic heterocycles. The highest BCUT2D eigenvalue weighted by molar-refractivity contribution is 9.10. The lowest BCUT2D eigenvalue weighted by Gasteiger charge is -2.32. The van der Waals surface area contributed by atoms with Crippen LogP contribution in [0.3, 0.4) is 0 Å². The first kappa shape index (κ1) is 13.8. The molecule has 1 aromatic carbocycles. The summed E-state index contributed by atoms with van der Waals surface area (Å²) in [5.74, 6) is 0.373. The molecule has 0 radical (unpaired) electrons. The summed E-state index contributed by atoms with van der Waals surface area (Å²) in [5.41, 5.74) is 0.361. The summed E-state index contributed by atoms with van der Waals surface area (Å²) in [7, 11) is 0. The van der Waals surface area contributed by atoms with Crippen molar-refractivity contribution in [3.8, 4) is 11.8 Å². The number of carbonyl (C=O) groups excluding carboxylic acids is 1. The Morgan fingerprint density at radius 3 is 3.00 bits per heavy atom. The first-order chi connectivity index (χ1) is 9.13. The second kappa shape index (κ2) is 6.02. The second-order valence-electron chi connectivity index (χ2n) is 4.31. The maximum Gasteiger partial charge on any atom is 0.209 e. The highest BCUT2D eigenvalue weighted by atomic mass is 79.9. The van der Waals surface area contributed by atoms with Crippen molar-refractivity contribution in [2.45, 2.75) is 18.7 Å². The van der Waals surface area contributed by atoms with E-state index in [1.165, 1.54) is 4.90 Å². The lowest BCUT2D eigenvalue weighted by molar-refractivity contribution is -0.121. The van der Waals surface area contributed by atoms with Gasteiger partial charge < -0.3 is 9.64 Å². The van der Waals surface area contributed by atoms with E-state index >= 15 is 0 Å². The number of hydrogen-bond donors (Lipinski definition) is 0. The van der Waals surface area contributed by atoms with Gasteiger partial charge in [-0.15, -0.1) is 0 Å². The first-order valence-corrected chi connectivity index (χ1v) is 6.63. The van der Waals surface area contributed by atoms with Crippen LogP contribution in [0.1, 0.15) is 12.0 Å². The Morgan fingerprint density at radius 1 is 1.58 bits per heavy atom. The highest BCUT2D eigenvalue weighted by Gasteiger charge is 2.30. The maximum atomic E-state index is 13.9. The highest BCUT2D eigenvalue weighted by Crippen LogP contribution is 2.26. The van der Waals surface area contributed by atoms with Crippen LogP contribution in [-0.2, 0) is 4.79 Å². The zero-order chi connectivity index (χ0) is 13.8. The Bertz CT molecular complexity index is 518. The van der Waals surface area contributed by atoms with Crippen molar-refractivity contribution in [2.24, 2.45) is 0 Å². The minimum absolute atomic E-state index is 0.0343. The third kappa shape index (κ3) is 3.24. The molecule has 0 unspecified atom stereocenters. The Kier molecular flexibility index (Phi) is 4.38. The molecule has 1 fully saturated rings. The van der Waals surface area contributed by atoms with Crippen LogP contribution in [0.4, 0.5) is 4.39 Å². The number of alkyl halides is 1. The smallest absolute Gasteiger partial charge is 0.209 e. The normalized spacial score (nSPS) is 22.7. The van der Waals surface area contributed by atoms with Crippen molar-refractivity contribution in [1.82, 2.24) is 4.90 Å². The summed E-state index contributed by atoms with van der Waals surface area (Å²) in [5, 5.41) is 9.02. The molecule has 0 bridgehead atoms. The summed E-state index contributed by atoms with van der Waals surface area (Å²) in [6.45, 7) is 0.500. The number of ether oxygens (including phenoxy) is 1. The SMILES string of the molecule is N#Cc1cc(Br)ccc1O[C@H]1CCN(C=O)C[C@H]1F. The molecule has 1 aromatic rings. The molecule has 1 amide bonds. The fourth-order valence-corrected chi connectivity index (χ4v) is 2.35. The van der Waals surface area contributed by atoms with Gasteiger partial charge in [-0.05, 0) is 18.2 Å². The third-order valence-electron chi connectivity index (χ3n) is 3.00. The van der Waals surface area contributed by atoms with Crippen molar-refractivity contribution < 1.29 is 13.9 Å². The van der Waals surface area contributed by atoms with Crippen LogP contribution < -0.4 is 4.74 Å². The molecule has 19 heavy (non-hydrogen) atoms. The molecule has 1 heterocycles. The standard InChI is InChI=1S/C13H12BrFN2O2/c14-10-1-2-12(9(5-10)6-16)19-13-3-4-17(8-18)7-11(13)15/h1-2,5,8,11,13H,3-4,7H2/t11-,13+/m1/s1. The molecule has 2 atom stereocenters. The number of rotatable bonds is 3. The largest absolute Gasteiger partial charge is 0.486 e. The van der Waals surface area contributed by atoms with Crippen LogP contribution in [0.2, 0.25) is 0 Å². The minimum atomic E-state index is -1.24. The van der Waals surface area contributed by atoms with Gasteiger partial charge in [-0.1, -0.05) is 15.9 Å². The number of hydrogen-bond acceptors (Lipinski definition) is 3. The van der Waals surface area contributed by atoms with Gasteiger partial charge in [0.05, 0.1) is 12.1 Å². The average Bonchev–Trinajstić information content (AvgIpc) is 2.42. The van der Waals surface area contributed by atoms with Gasteiger partial charge in [-0.3, -0.25) is 4.79 Å². The van der Waals surface area contributed by atoms with Crippen LogP contribution in [0.5, 0.6) is 5.75 Å². The van der Waals surface area contributed by atoms with Crippen molar-refractivity contribution in [3.63, 3.8) is 0 Å². The number of amides is 1. The molecule has 0 N–H and O–H groups in total. The van der Waals surface area contributed by atoms with Crippen LogP contribution >= 0.6 is 15.9 Å². The maximum absolute atomic E-state index is 13.9. The van der Waals surface area contributed by atoms with E-state index in [0.717, 1.165) is 4.47 Å². The average molecular weight is 327 g/mol. The zero-order valence-electron chi connectivity index (χ0n) is 10.1. The Morgan fingerprint density at radius 2 is 2.37 bits per heavy atom. The number of nitriles is 1. The first-order valence-electron chi connectivity index (χ1n) is 5.83. The molecule has 6 heteroatoms. The predicted octanol–water partition coefficient (Wildman–Crippen LogP) is 2.27. The van der Waals surface area contributed by atoms with Gasteiger partial charge in [0.25, 0.3) is 0 Å². The zero-order valence-corrected chi connectivity index (χ0v) is 11.6. The summed E-state index contributed by atoms with van der Waals surface area (Å²) < 4.78 is 20.2. The summed E-state index contributed by atoms with van der Waals surface area (Å²) in [6.07, 6.45) is -0.803. The van der Waals surface area contributed by atoms with E-state index in [4.69, 9.17) is 10.00 Å². The predicted molar refractivity (Wildman–Crippen MR) is 70.4 cm³/mol. The van der Waals surface area contributed by atoms with Gasteiger partial charge in [0.15, 0.2) is 6.17 Å². The van der Waals surface area contributed by atoms with E-state index < -0.39 is 12.3 Å². The van der Waals surface area contributed by atoms with E-state index in [2.05, 4.69) is 15.9 Å². The number of piperidine rings is 1. The van der Waals surface area contributed by atoms with Crippen molar-refractivity contribution in [3.05, 3.63) is 28.2 Å². The number of halogens is 2. The van der Waals surface area contributed by atoms with Crippen molar-refractivity contribution >= 4 is 22.3 Å². The van der Waals surface area contributed by atoms with E-state index in [0.29, 0.717) is 30.7 Å². The van der Waals surface area contributed by atoms with Crippen molar-refractivity contribution in [1.29, 1.82) is 5.26 Å². The number of benzene rings is 1. The van der Waals surface area contributed by atoms with Gasteiger partial charge in [-0.2, -0.15) is 5.26 Å². The van der Waals surface area contributed by atoms with Crippen LogP contribution in [0.25, 0.3) is 0 Å². The second-order valence-corrected chi connectivity index (χ2v) is 5.23. The third-order valence-corrected chi connectivity index (χ3v) is 3.50. The molecular weight excluding hydrogens is 315 g/mol. The Hall–Kier alpha value is -1.61. The fourth-order valence-electron chi connectivity index (χ4n) is 1.99. The van der Waals surface area contributed by atoms with Crippen LogP contribution in [-0.4, -0.2) is 36.7 Å². The van der Waals surface area contributed by atoms with Crippen LogP contribution in [0.15, 0.2) is 22.7 Å². The van der Waals surface area contributed by atoms with E-state index in [1.807, 2.05) is 6.07 Å². The fraction of sp³-hybridized carbons (Fsp3) is 0.385. The molecule has 2 rings (SSSR count). The van der Waals surface area contributed by atoms with E-state index in [-0.39, 0.29) is 6.54 Å². The van der Waals surface area contributed by atoms with Gasteiger partial charge in [-0.25, -0.2) is 4.39 Å². The van der Waals surface area contributed by atoms with E-state index in [1.54, 1.807) is 18.2 Å². The van der Waals surface area contributed by atoms with Gasteiger partial charge in [0.1, 0.15) is 17.9 Å².